The van der Waals surface area contributed by atoms with Crippen molar-refractivity contribution in [3.05, 3.63) is 29.8 Å². The Labute approximate surface area is 111 Å². The molecule has 2 heterocycles. The van der Waals surface area contributed by atoms with Crippen molar-refractivity contribution >= 4 is 17.2 Å². The Morgan fingerprint density at radius 1 is 1.50 bits per heavy atom. The zero-order valence-corrected chi connectivity index (χ0v) is 11.2. The molecule has 0 spiro atoms. The van der Waals surface area contributed by atoms with E-state index in [4.69, 9.17) is 0 Å². The van der Waals surface area contributed by atoms with Crippen LogP contribution in [-0.4, -0.2) is 22.2 Å². The van der Waals surface area contributed by atoms with E-state index in [9.17, 15) is 4.79 Å². The standard InChI is InChI=1S/C13H17N3OS/c1-2-4-13(17)14-7-9-16-8-6-11(15-16)12-5-3-10-18-12/h3,5-6,8,10H,2,4,7,9H2,1H3,(H,14,17). The lowest BCUT2D eigenvalue weighted by atomic mass is 10.3. The van der Waals surface area contributed by atoms with Crippen LogP contribution >= 0.6 is 11.3 Å². The van der Waals surface area contributed by atoms with Crippen LogP contribution < -0.4 is 5.32 Å². The third-order valence-corrected chi connectivity index (χ3v) is 3.45. The summed E-state index contributed by atoms with van der Waals surface area (Å²) in [5.41, 5.74) is 0.991. The first-order chi connectivity index (χ1) is 8.79. The Hall–Kier alpha value is -1.62. The van der Waals surface area contributed by atoms with Crippen LogP contribution in [0.1, 0.15) is 19.8 Å². The molecule has 0 fully saturated rings. The molecule has 1 N–H and O–H groups in total. The minimum Gasteiger partial charge on any atom is -0.354 e. The number of rotatable bonds is 6. The van der Waals surface area contributed by atoms with Crippen LogP contribution in [0.25, 0.3) is 10.6 Å². The average molecular weight is 263 g/mol. The quantitative estimate of drug-likeness (QED) is 0.870. The van der Waals surface area contributed by atoms with Crippen molar-refractivity contribution in [1.29, 1.82) is 0 Å². The summed E-state index contributed by atoms with van der Waals surface area (Å²) in [6, 6.07) is 6.07. The van der Waals surface area contributed by atoms with Crippen LogP contribution in [0.5, 0.6) is 0 Å². The highest BCUT2D eigenvalue weighted by atomic mass is 32.1. The summed E-state index contributed by atoms with van der Waals surface area (Å²) >= 11 is 1.68. The van der Waals surface area contributed by atoms with Crippen molar-refractivity contribution in [3.8, 4) is 10.6 Å². The fourth-order valence-electron chi connectivity index (χ4n) is 1.67. The van der Waals surface area contributed by atoms with Crippen molar-refractivity contribution in [2.75, 3.05) is 6.54 Å². The van der Waals surface area contributed by atoms with Gasteiger partial charge in [0.15, 0.2) is 0 Å². The zero-order chi connectivity index (χ0) is 12.8. The van der Waals surface area contributed by atoms with Crippen molar-refractivity contribution in [3.63, 3.8) is 0 Å². The van der Waals surface area contributed by atoms with Gasteiger partial charge in [-0.15, -0.1) is 11.3 Å². The monoisotopic (exact) mass is 263 g/mol. The Morgan fingerprint density at radius 3 is 3.11 bits per heavy atom. The lowest BCUT2D eigenvalue weighted by molar-refractivity contribution is -0.121. The van der Waals surface area contributed by atoms with Crippen molar-refractivity contribution in [2.45, 2.75) is 26.3 Å². The van der Waals surface area contributed by atoms with Gasteiger partial charge in [-0.2, -0.15) is 5.10 Å². The average Bonchev–Trinajstić information content (AvgIpc) is 2.99. The van der Waals surface area contributed by atoms with Gasteiger partial charge in [0.25, 0.3) is 0 Å². The molecule has 0 unspecified atom stereocenters. The van der Waals surface area contributed by atoms with Gasteiger partial charge in [-0.1, -0.05) is 13.0 Å². The second-order valence-electron chi connectivity index (χ2n) is 4.04. The van der Waals surface area contributed by atoms with Crippen LogP contribution in [0.4, 0.5) is 0 Å². The molecule has 18 heavy (non-hydrogen) atoms. The fourth-order valence-corrected chi connectivity index (χ4v) is 2.36. The second kappa shape index (κ2) is 6.35. The lowest BCUT2D eigenvalue weighted by Crippen LogP contribution is -2.26. The molecule has 0 aliphatic carbocycles. The summed E-state index contributed by atoms with van der Waals surface area (Å²) < 4.78 is 1.86. The molecule has 4 nitrogen and oxygen atoms in total. The smallest absolute Gasteiger partial charge is 0.220 e. The molecule has 0 saturated heterocycles. The van der Waals surface area contributed by atoms with E-state index in [0.717, 1.165) is 12.1 Å². The first-order valence-electron chi connectivity index (χ1n) is 6.13. The van der Waals surface area contributed by atoms with Gasteiger partial charge in [0.2, 0.25) is 5.91 Å². The highest BCUT2D eigenvalue weighted by Crippen LogP contribution is 2.22. The van der Waals surface area contributed by atoms with Gasteiger partial charge in [-0.05, 0) is 23.9 Å². The van der Waals surface area contributed by atoms with Crippen LogP contribution in [0, 0.1) is 0 Å². The predicted molar refractivity (Wildman–Crippen MR) is 73.5 cm³/mol. The Kier molecular flexibility index (Phi) is 4.52. The number of thiophene rings is 1. The molecule has 0 aromatic carbocycles. The van der Waals surface area contributed by atoms with Crippen LogP contribution in [0.15, 0.2) is 29.8 Å². The largest absolute Gasteiger partial charge is 0.354 e. The van der Waals surface area contributed by atoms with Gasteiger partial charge in [-0.25, -0.2) is 0 Å². The molecule has 0 bridgehead atoms. The molecule has 0 radical (unpaired) electrons. The third-order valence-electron chi connectivity index (χ3n) is 2.55. The second-order valence-corrected chi connectivity index (χ2v) is 4.99. The van der Waals surface area contributed by atoms with E-state index in [0.29, 0.717) is 19.5 Å². The van der Waals surface area contributed by atoms with E-state index in [2.05, 4.69) is 16.5 Å². The molecule has 96 valence electrons. The first kappa shape index (κ1) is 12.8. The minimum absolute atomic E-state index is 0.114. The normalized spacial score (nSPS) is 10.5. The van der Waals surface area contributed by atoms with E-state index in [1.165, 1.54) is 4.88 Å². The summed E-state index contributed by atoms with van der Waals surface area (Å²) in [6.07, 6.45) is 3.43. The van der Waals surface area contributed by atoms with Crippen molar-refractivity contribution in [2.24, 2.45) is 0 Å². The number of amides is 1. The predicted octanol–water partition coefficient (Wildman–Crippen LogP) is 2.53. The van der Waals surface area contributed by atoms with E-state index in [1.54, 1.807) is 11.3 Å². The molecule has 2 aromatic rings. The fraction of sp³-hybridized carbons (Fsp3) is 0.385. The molecule has 0 atom stereocenters. The van der Waals surface area contributed by atoms with Gasteiger partial charge in [0, 0.05) is 19.2 Å². The minimum atomic E-state index is 0.114. The highest BCUT2D eigenvalue weighted by Gasteiger charge is 2.03. The summed E-state index contributed by atoms with van der Waals surface area (Å²) in [5, 5.41) is 9.39. The molecule has 5 heteroatoms. The van der Waals surface area contributed by atoms with Crippen LogP contribution in [0.2, 0.25) is 0 Å². The summed E-state index contributed by atoms with van der Waals surface area (Å²) in [6.45, 7) is 3.34. The van der Waals surface area contributed by atoms with Gasteiger partial charge in [-0.3, -0.25) is 9.48 Å². The number of nitrogens with zero attached hydrogens (tertiary/aromatic N) is 2. The molecular formula is C13H17N3OS. The van der Waals surface area contributed by atoms with Gasteiger partial charge in [0.1, 0.15) is 5.69 Å². The first-order valence-corrected chi connectivity index (χ1v) is 7.01. The van der Waals surface area contributed by atoms with Gasteiger partial charge in [0.05, 0.1) is 11.4 Å². The van der Waals surface area contributed by atoms with Crippen LogP contribution in [0.3, 0.4) is 0 Å². The topological polar surface area (TPSA) is 46.9 Å². The van der Waals surface area contributed by atoms with Gasteiger partial charge < -0.3 is 5.32 Å². The maximum atomic E-state index is 11.3. The molecular weight excluding hydrogens is 246 g/mol. The van der Waals surface area contributed by atoms with Gasteiger partial charge >= 0.3 is 0 Å². The number of hydrogen-bond donors (Lipinski definition) is 1. The number of nitrogens with one attached hydrogen (secondary N) is 1. The summed E-state index contributed by atoms with van der Waals surface area (Å²) in [4.78, 5) is 12.5. The number of aromatic nitrogens is 2. The molecule has 2 rings (SSSR count). The zero-order valence-electron chi connectivity index (χ0n) is 10.4. The van der Waals surface area contributed by atoms with E-state index < -0.39 is 0 Å². The number of carbonyl (C=O) groups is 1. The van der Waals surface area contributed by atoms with E-state index in [1.807, 2.05) is 35.3 Å². The maximum absolute atomic E-state index is 11.3. The van der Waals surface area contributed by atoms with Crippen molar-refractivity contribution in [1.82, 2.24) is 15.1 Å². The van der Waals surface area contributed by atoms with Crippen molar-refractivity contribution < 1.29 is 4.79 Å². The maximum Gasteiger partial charge on any atom is 0.220 e. The highest BCUT2D eigenvalue weighted by molar-refractivity contribution is 7.13. The molecule has 2 aromatic heterocycles. The van der Waals surface area contributed by atoms with Crippen LogP contribution in [-0.2, 0) is 11.3 Å². The summed E-state index contributed by atoms with van der Waals surface area (Å²) in [5.74, 6) is 0.114. The Balaban J connectivity index is 1.82. The molecule has 0 aliphatic rings. The Bertz CT molecular complexity index is 490. The molecule has 1 amide bonds. The van der Waals surface area contributed by atoms with E-state index >= 15 is 0 Å². The third kappa shape index (κ3) is 3.43. The van der Waals surface area contributed by atoms with E-state index in [-0.39, 0.29) is 5.91 Å². The Morgan fingerprint density at radius 2 is 2.39 bits per heavy atom. The molecule has 0 saturated carbocycles. The number of hydrogen-bond acceptors (Lipinski definition) is 3. The SMILES string of the molecule is CCCC(=O)NCCn1ccc(-c2cccs2)n1. The number of carbonyl (C=O) groups excluding carboxylic acids is 1. The summed E-state index contributed by atoms with van der Waals surface area (Å²) in [7, 11) is 0. The lowest BCUT2D eigenvalue weighted by Gasteiger charge is -2.04. The molecule has 0 aliphatic heterocycles.